The number of rotatable bonds is 2. The SMILES string of the molecule is N#Cc1nccn1Cc1ccno1. The van der Waals surface area contributed by atoms with Gasteiger partial charge in [0.05, 0.1) is 12.7 Å². The van der Waals surface area contributed by atoms with Crippen molar-refractivity contribution in [1.82, 2.24) is 14.7 Å². The maximum atomic E-state index is 8.66. The van der Waals surface area contributed by atoms with Gasteiger partial charge in [0.1, 0.15) is 6.07 Å². The molecular formula is C8H6N4O. The van der Waals surface area contributed by atoms with Crippen molar-refractivity contribution >= 4 is 0 Å². The minimum Gasteiger partial charge on any atom is -0.359 e. The van der Waals surface area contributed by atoms with E-state index in [9.17, 15) is 0 Å². The number of aromatic nitrogens is 3. The Morgan fingerprint density at radius 1 is 1.54 bits per heavy atom. The summed E-state index contributed by atoms with van der Waals surface area (Å²) in [5, 5.41) is 12.2. The van der Waals surface area contributed by atoms with Crippen LogP contribution in [0.3, 0.4) is 0 Å². The minimum atomic E-state index is 0.372. The van der Waals surface area contributed by atoms with Crippen LogP contribution >= 0.6 is 0 Å². The number of imidazole rings is 1. The average molecular weight is 174 g/mol. The average Bonchev–Trinajstić information content (AvgIpc) is 2.76. The van der Waals surface area contributed by atoms with Gasteiger partial charge in [0.15, 0.2) is 5.76 Å². The van der Waals surface area contributed by atoms with Gasteiger partial charge in [0.2, 0.25) is 5.82 Å². The maximum Gasteiger partial charge on any atom is 0.213 e. The molecule has 0 aromatic carbocycles. The van der Waals surface area contributed by atoms with Gasteiger partial charge in [0.25, 0.3) is 0 Å². The second-order valence-corrected chi connectivity index (χ2v) is 2.47. The molecule has 0 amide bonds. The number of nitriles is 1. The van der Waals surface area contributed by atoms with Gasteiger partial charge in [-0.2, -0.15) is 5.26 Å². The van der Waals surface area contributed by atoms with Crippen LogP contribution in [0.25, 0.3) is 0 Å². The maximum absolute atomic E-state index is 8.66. The molecule has 5 heteroatoms. The first-order valence-corrected chi connectivity index (χ1v) is 3.71. The van der Waals surface area contributed by atoms with E-state index < -0.39 is 0 Å². The molecule has 5 nitrogen and oxygen atoms in total. The first-order chi connectivity index (χ1) is 6.40. The van der Waals surface area contributed by atoms with Crippen molar-refractivity contribution in [3.8, 4) is 6.07 Å². The molecule has 2 heterocycles. The summed E-state index contributed by atoms with van der Waals surface area (Å²) in [6.45, 7) is 0.489. The monoisotopic (exact) mass is 174 g/mol. The summed E-state index contributed by atoms with van der Waals surface area (Å²) in [4.78, 5) is 3.85. The summed E-state index contributed by atoms with van der Waals surface area (Å²) in [5.41, 5.74) is 0. The third kappa shape index (κ3) is 1.42. The summed E-state index contributed by atoms with van der Waals surface area (Å²) in [6, 6.07) is 3.73. The Labute approximate surface area is 74.2 Å². The number of hydrogen-bond acceptors (Lipinski definition) is 4. The van der Waals surface area contributed by atoms with Gasteiger partial charge >= 0.3 is 0 Å². The van der Waals surface area contributed by atoms with Gasteiger partial charge < -0.3 is 9.09 Å². The molecule has 0 aliphatic heterocycles. The van der Waals surface area contributed by atoms with E-state index in [1.54, 1.807) is 29.2 Å². The van der Waals surface area contributed by atoms with E-state index in [-0.39, 0.29) is 0 Å². The van der Waals surface area contributed by atoms with Crippen molar-refractivity contribution in [2.24, 2.45) is 0 Å². The van der Waals surface area contributed by atoms with Gasteiger partial charge in [0, 0.05) is 18.5 Å². The molecule has 2 rings (SSSR count). The van der Waals surface area contributed by atoms with Crippen LogP contribution < -0.4 is 0 Å². The second-order valence-electron chi connectivity index (χ2n) is 2.47. The van der Waals surface area contributed by atoms with E-state index in [1.807, 2.05) is 6.07 Å². The third-order valence-electron chi connectivity index (χ3n) is 1.63. The molecule has 0 spiro atoms. The first-order valence-electron chi connectivity index (χ1n) is 3.71. The van der Waals surface area contributed by atoms with Gasteiger partial charge in [-0.1, -0.05) is 5.16 Å². The fraction of sp³-hybridized carbons (Fsp3) is 0.125. The van der Waals surface area contributed by atoms with Crippen LogP contribution in [0, 0.1) is 11.3 Å². The van der Waals surface area contributed by atoms with Crippen molar-refractivity contribution < 1.29 is 4.52 Å². The molecule has 0 bridgehead atoms. The highest BCUT2D eigenvalue weighted by Crippen LogP contribution is 2.03. The molecular weight excluding hydrogens is 168 g/mol. The highest BCUT2D eigenvalue weighted by Gasteiger charge is 2.03. The normalized spacial score (nSPS) is 9.77. The molecule has 0 atom stereocenters. The van der Waals surface area contributed by atoms with Crippen molar-refractivity contribution in [2.45, 2.75) is 6.54 Å². The fourth-order valence-electron chi connectivity index (χ4n) is 1.04. The van der Waals surface area contributed by atoms with Gasteiger partial charge in [-0.25, -0.2) is 4.98 Å². The zero-order chi connectivity index (χ0) is 9.10. The lowest BCUT2D eigenvalue weighted by atomic mass is 10.4. The molecule has 64 valence electrons. The van der Waals surface area contributed by atoms with Crippen molar-refractivity contribution in [3.63, 3.8) is 0 Å². The Morgan fingerprint density at radius 3 is 3.15 bits per heavy atom. The van der Waals surface area contributed by atoms with Crippen molar-refractivity contribution in [1.29, 1.82) is 5.26 Å². The second kappa shape index (κ2) is 3.11. The molecule has 13 heavy (non-hydrogen) atoms. The Kier molecular flexibility index (Phi) is 1.81. The minimum absolute atomic E-state index is 0.372. The number of nitrogens with zero attached hydrogens (tertiary/aromatic N) is 4. The Balaban J connectivity index is 2.24. The van der Waals surface area contributed by atoms with E-state index in [0.717, 1.165) is 0 Å². The molecule has 0 N–H and O–H groups in total. The van der Waals surface area contributed by atoms with Gasteiger partial charge in [-0.15, -0.1) is 0 Å². The number of hydrogen-bond donors (Lipinski definition) is 0. The Morgan fingerprint density at radius 2 is 2.46 bits per heavy atom. The van der Waals surface area contributed by atoms with Crippen LogP contribution in [0.15, 0.2) is 29.2 Å². The molecule has 0 unspecified atom stereocenters. The lowest BCUT2D eigenvalue weighted by molar-refractivity contribution is 0.376. The molecule has 0 radical (unpaired) electrons. The quantitative estimate of drug-likeness (QED) is 0.675. The summed E-state index contributed by atoms with van der Waals surface area (Å²) in [7, 11) is 0. The fourth-order valence-corrected chi connectivity index (χ4v) is 1.04. The van der Waals surface area contributed by atoms with E-state index in [1.165, 1.54) is 0 Å². The van der Waals surface area contributed by atoms with Crippen LogP contribution in [-0.4, -0.2) is 14.7 Å². The standard InChI is InChI=1S/C8H6N4O/c9-5-8-10-3-4-12(8)6-7-1-2-11-13-7/h1-4H,6H2. The lowest BCUT2D eigenvalue weighted by Crippen LogP contribution is -2.00. The zero-order valence-corrected chi connectivity index (χ0v) is 6.71. The highest BCUT2D eigenvalue weighted by molar-refractivity contribution is 5.12. The Hall–Kier alpha value is -2.09. The summed E-state index contributed by atoms with van der Waals surface area (Å²) >= 11 is 0. The summed E-state index contributed by atoms with van der Waals surface area (Å²) < 4.78 is 6.59. The molecule has 2 aromatic heterocycles. The van der Waals surface area contributed by atoms with E-state index in [4.69, 9.17) is 9.78 Å². The third-order valence-corrected chi connectivity index (χ3v) is 1.63. The van der Waals surface area contributed by atoms with Crippen LogP contribution in [0.4, 0.5) is 0 Å². The van der Waals surface area contributed by atoms with Gasteiger partial charge in [-0.05, 0) is 0 Å². The predicted octanol–water partition coefficient (Wildman–Crippen LogP) is 0.791. The highest BCUT2D eigenvalue weighted by atomic mass is 16.5. The predicted molar refractivity (Wildman–Crippen MR) is 42.5 cm³/mol. The van der Waals surface area contributed by atoms with Crippen molar-refractivity contribution in [3.05, 3.63) is 36.2 Å². The van der Waals surface area contributed by atoms with Gasteiger partial charge in [-0.3, -0.25) is 0 Å². The molecule has 0 aliphatic carbocycles. The van der Waals surface area contributed by atoms with Crippen LogP contribution in [0.2, 0.25) is 0 Å². The lowest BCUT2D eigenvalue weighted by Gasteiger charge is -1.97. The van der Waals surface area contributed by atoms with Crippen LogP contribution in [0.5, 0.6) is 0 Å². The molecule has 0 fully saturated rings. The molecule has 2 aromatic rings. The Bertz CT molecular complexity index is 423. The summed E-state index contributed by atoms with van der Waals surface area (Å²) in [5.74, 6) is 1.07. The van der Waals surface area contributed by atoms with Crippen molar-refractivity contribution in [2.75, 3.05) is 0 Å². The topological polar surface area (TPSA) is 67.6 Å². The van der Waals surface area contributed by atoms with E-state index in [0.29, 0.717) is 18.1 Å². The molecule has 0 saturated carbocycles. The smallest absolute Gasteiger partial charge is 0.213 e. The first kappa shape index (κ1) is 7.55. The van der Waals surface area contributed by atoms with E-state index in [2.05, 4.69) is 10.1 Å². The largest absolute Gasteiger partial charge is 0.359 e. The van der Waals surface area contributed by atoms with E-state index >= 15 is 0 Å². The zero-order valence-electron chi connectivity index (χ0n) is 6.71. The van der Waals surface area contributed by atoms with Crippen LogP contribution in [0.1, 0.15) is 11.6 Å². The molecule has 0 saturated heterocycles. The summed E-state index contributed by atoms with van der Waals surface area (Å²) in [6.07, 6.45) is 4.87. The molecule has 0 aliphatic rings. The van der Waals surface area contributed by atoms with Crippen LogP contribution in [-0.2, 0) is 6.54 Å².